The van der Waals surface area contributed by atoms with E-state index >= 15 is 0 Å². The largest absolute Gasteiger partial charge is 0.493 e. The van der Waals surface area contributed by atoms with E-state index in [0.717, 1.165) is 0 Å². The second-order valence-electron chi connectivity index (χ2n) is 5.74. The van der Waals surface area contributed by atoms with E-state index < -0.39 is 4.92 Å². The van der Waals surface area contributed by atoms with Crippen LogP contribution in [0.4, 0.5) is 5.69 Å². The summed E-state index contributed by atoms with van der Waals surface area (Å²) in [4.78, 5) is 24.9. The first kappa shape index (κ1) is 19.2. The van der Waals surface area contributed by atoms with Gasteiger partial charge in [0.1, 0.15) is 0 Å². The zero-order valence-corrected chi connectivity index (χ0v) is 15.3. The molecule has 0 aliphatic rings. The molecule has 0 aliphatic heterocycles. The molecule has 138 valence electrons. The molecule has 1 amide bonds. The lowest BCUT2D eigenvalue weighted by molar-refractivity contribution is -0.384. The number of nitro benzene ring substituents is 1. The Morgan fingerprint density at radius 2 is 1.96 bits per heavy atom. The number of rotatable bonds is 7. The van der Waals surface area contributed by atoms with Crippen LogP contribution in [-0.4, -0.2) is 36.5 Å². The topological polar surface area (TPSA) is 81.9 Å². The Morgan fingerprint density at radius 1 is 1.23 bits per heavy atom. The fraction of sp³-hybridized carbons (Fsp3) is 0.316. The van der Waals surface area contributed by atoms with Crippen LogP contribution in [0.1, 0.15) is 35.8 Å². The van der Waals surface area contributed by atoms with Crippen LogP contribution >= 0.6 is 0 Å². The third-order valence-electron chi connectivity index (χ3n) is 4.18. The first-order valence-corrected chi connectivity index (χ1v) is 8.21. The van der Waals surface area contributed by atoms with Crippen molar-refractivity contribution < 1.29 is 19.2 Å². The van der Waals surface area contributed by atoms with Crippen molar-refractivity contribution in [3.05, 3.63) is 63.7 Å². The Kier molecular flexibility index (Phi) is 6.16. The molecule has 7 nitrogen and oxygen atoms in total. The molecule has 0 unspecified atom stereocenters. The van der Waals surface area contributed by atoms with Crippen molar-refractivity contribution in [3.63, 3.8) is 0 Å². The van der Waals surface area contributed by atoms with Crippen LogP contribution in [0.25, 0.3) is 0 Å². The highest BCUT2D eigenvalue weighted by Crippen LogP contribution is 2.30. The predicted molar refractivity (Wildman–Crippen MR) is 97.8 cm³/mol. The summed E-state index contributed by atoms with van der Waals surface area (Å²) >= 11 is 0. The summed E-state index contributed by atoms with van der Waals surface area (Å²) in [5.74, 6) is 0.834. The van der Waals surface area contributed by atoms with Crippen LogP contribution in [0.15, 0.2) is 42.5 Å². The van der Waals surface area contributed by atoms with Crippen molar-refractivity contribution in [2.24, 2.45) is 0 Å². The molecule has 26 heavy (non-hydrogen) atoms. The Bertz CT molecular complexity index is 806. The number of nitro groups is 1. The molecule has 2 aromatic rings. The van der Waals surface area contributed by atoms with Crippen molar-refractivity contribution in [2.45, 2.75) is 19.9 Å². The third kappa shape index (κ3) is 4.11. The first-order valence-electron chi connectivity index (χ1n) is 8.21. The molecule has 0 N–H and O–H groups in total. The summed E-state index contributed by atoms with van der Waals surface area (Å²) in [5, 5.41) is 11.0. The fourth-order valence-electron chi connectivity index (χ4n) is 2.58. The van der Waals surface area contributed by atoms with Gasteiger partial charge >= 0.3 is 0 Å². The van der Waals surface area contributed by atoms with Crippen LogP contribution in [0.5, 0.6) is 11.5 Å². The van der Waals surface area contributed by atoms with Gasteiger partial charge in [-0.15, -0.1) is 0 Å². The highest BCUT2D eigenvalue weighted by molar-refractivity contribution is 5.95. The summed E-state index contributed by atoms with van der Waals surface area (Å²) in [6.07, 6.45) is 0. The van der Waals surface area contributed by atoms with E-state index in [2.05, 4.69) is 0 Å². The SMILES string of the molecule is CCOc1ccc(C(=O)N(C)[C@H](C)c2cccc([N+](=O)[O-])c2)cc1OC. The van der Waals surface area contributed by atoms with E-state index in [9.17, 15) is 14.9 Å². The van der Waals surface area contributed by atoms with Gasteiger partial charge in [-0.1, -0.05) is 12.1 Å². The monoisotopic (exact) mass is 358 g/mol. The molecule has 0 saturated carbocycles. The number of carbonyl (C=O) groups is 1. The number of ether oxygens (including phenoxy) is 2. The number of non-ortho nitro benzene ring substituents is 1. The van der Waals surface area contributed by atoms with Gasteiger partial charge in [0.15, 0.2) is 11.5 Å². The minimum Gasteiger partial charge on any atom is -0.493 e. The lowest BCUT2D eigenvalue weighted by Gasteiger charge is -2.25. The fourth-order valence-corrected chi connectivity index (χ4v) is 2.58. The summed E-state index contributed by atoms with van der Waals surface area (Å²) < 4.78 is 10.7. The van der Waals surface area contributed by atoms with Gasteiger partial charge in [0.25, 0.3) is 11.6 Å². The minimum atomic E-state index is -0.449. The molecule has 2 aromatic carbocycles. The van der Waals surface area contributed by atoms with Crippen molar-refractivity contribution in [3.8, 4) is 11.5 Å². The molecule has 0 heterocycles. The van der Waals surface area contributed by atoms with Crippen LogP contribution < -0.4 is 9.47 Å². The second kappa shape index (κ2) is 8.33. The standard InChI is InChI=1S/C19H22N2O5/c1-5-26-17-10-9-15(12-18(17)25-4)19(22)20(3)13(2)14-7-6-8-16(11-14)21(23)24/h6-13H,5H2,1-4H3/t13-/m1/s1. The highest BCUT2D eigenvalue weighted by Gasteiger charge is 2.21. The third-order valence-corrected chi connectivity index (χ3v) is 4.18. The Hall–Kier alpha value is -3.09. The van der Waals surface area contributed by atoms with E-state index in [0.29, 0.717) is 29.2 Å². The minimum absolute atomic E-state index is 0.00191. The molecule has 0 fully saturated rings. The van der Waals surface area contributed by atoms with Crippen LogP contribution in [0.2, 0.25) is 0 Å². The number of hydrogen-bond acceptors (Lipinski definition) is 5. The van der Waals surface area contributed by atoms with Crippen LogP contribution in [0, 0.1) is 10.1 Å². The molecule has 0 saturated heterocycles. The zero-order valence-electron chi connectivity index (χ0n) is 15.3. The summed E-state index contributed by atoms with van der Waals surface area (Å²) in [7, 11) is 3.18. The number of hydrogen-bond donors (Lipinski definition) is 0. The Morgan fingerprint density at radius 3 is 2.58 bits per heavy atom. The van der Waals surface area contributed by atoms with Crippen molar-refractivity contribution in [1.29, 1.82) is 0 Å². The quantitative estimate of drug-likeness (QED) is 0.555. The Labute approximate surface area is 152 Å². The van der Waals surface area contributed by atoms with E-state index in [1.165, 1.54) is 24.1 Å². The highest BCUT2D eigenvalue weighted by atomic mass is 16.6. The number of methoxy groups -OCH3 is 1. The summed E-state index contributed by atoms with van der Waals surface area (Å²) in [6, 6.07) is 10.9. The van der Waals surface area contributed by atoms with Gasteiger partial charge in [-0.2, -0.15) is 0 Å². The second-order valence-corrected chi connectivity index (χ2v) is 5.74. The molecule has 0 aliphatic carbocycles. The first-order chi connectivity index (χ1) is 12.4. The summed E-state index contributed by atoms with van der Waals surface area (Å²) in [6.45, 7) is 4.18. The van der Waals surface area contributed by atoms with E-state index in [1.54, 1.807) is 37.4 Å². The normalized spacial score (nSPS) is 11.5. The van der Waals surface area contributed by atoms with Gasteiger partial charge in [-0.3, -0.25) is 14.9 Å². The van der Waals surface area contributed by atoms with Crippen molar-refractivity contribution in [1.82, 2.24) is 4.90 Å². The maximum Gasteiger partial charge on any atom is 0.269 e. The van der Waals surface area contributed by atoms with Crippen LogP contribution in [0.3, 0.4) is 0 Å². The molecular formula is C19H22N2O5. The predicted octanol–water partition coefficient (Wildman–Crippen LogP) is 3.84. The molecular weight excluding hydrogens is 336 g/mol. The zero-order chi connectivity index (χ0) is 19.3. The van der Waals surface area contributed by atoms with Gasteiger partial charge in [0.2, 0.25) is 0 Å². The van der Waals surface area contributed by atoms with Gasteiger partial charge in [-0.25, -0.2) is 0 Å². The number of amides is 1. The average molecular weight is 358 g/mol. The number of carbonyl (C=O) groups excluding carboxylic acids is 1. The lowest BCUT2D eigenvalue weighted by Crippen LogP contribution is -2.29. The van der Waals surface area contributed by atoms with Gasteiger partial charge < -0.3 is 14.4 Å². The van der Waals surface area contributed by atoms with E-state index in [4.69, 9.17) is 9.47 Å². The lowest BCUT2D eigenvalue weighted by atomic mass is 10.1. The summed E-state index contributed by atoms with van der Waals surface area (Å²) in [5.41, 5.74) is 1.14. The smallest absolute Gasteiger partial charge is 0.269 e. The maximum absolute atomic E-state index is 12.8. The maximum atomic E-state index is 12.8. The van der Waals surface area contributed by atoms with E-state index in [1.807, 2.05) is 13.8 Å². The van der Waals surface area contributed by atoms with E-state index in [-0.39, 0.29) is 17.6 Å². The molecule has 7 heteroatoms. The van der Waals surface area contributed by atoms with Crippen molar-refractivity contribution >= 4 is 11.6 Å². The van der Waals surface area contributed by atoms with Gasteiger partial charge in [-0.05, 0) is 37.6 Å². The molecule has 0 aromatic heterocycles. The van der Waals surface area contributed by atoms with Crippen LogP contribution in [-0.2, 0) is 0 Å². The number of nitrogens with zero attached hydrogens (tertiary/aromatic N) is 2. The molecule has 2 rings (SSSR count). The molecule has 1 atom stereocenters. The van der Waals surface area contributed by atoms with Gasteiger partial charge in [0, 0.05) is 24.7 Å². The molecule has 0 bridgehead atoms. The average Bonchev–Trinajstić information content (AvgIpc) is 2.66. The number of benzene rings is 2. The molecule has 0 radical (unpaired) electrons. The molecule has 0 spiro atoms. The van der Waals surface area contributed by atoms with Crippen molar-refractivity contribution in [2.75, 3.05) is 20.8 Å². The Balaban J connectivity index is 2.26. The van der Waals surface area contributed by atoms with Gasteiger partial charge in [0.05, 0.1) is 24.7 Å².